The lowest BCUT2D eigenvalue weighted by Crippen LogP contribution is -2.18. The Balaban J connectivity index is 2.24. The van der Waals surface area contributed by atoms with E-state index in [1.807, 2.05) is 6.92 Å². The number of allylic oxidation sites excluding steroid dienone is 3. The molecule has 1 aromatic carbocycles. The van der Waals surface area contributed by atoms with E-state index in [1.165, 1.54) is 22.7 Å². The van der Waals surface area contributed by atoms with Gasteiger partial charge >= 0.3 is 0 Å². The fourth-order valence-electron chi connectivity index (χ4n) is 2.19. The third-order valence-corrected chi connectivity index (χ3v) is 4.72. The van der Waals surface area contributed by atoms with E-state index in [9.17, 15) is 9.18 Å². The van der Waals surface area contributed by atoms with Crippen LogP contribution in [0.25, 0.3) is 0 Å². The summed E-state index contributed by atoms with van der Waals surface area (Å²) < 4.78 is 13.7. The Labute approximate surface area is 129 Å². The second kappa shape index (κ2) is 6.94. The molecule has 1 aliphatic heterocycles. The van der Waals surface area contributed by atoms with E-state index in [-0.39, 0.29) is 11.3 Å². The lowest BCUT2D eigenvalue weighted by Gasteiger charge is -2.21. The van der Waals surface area contributed by atoms with Crippen molar-refractivity contribution in [3.8, 4) is 0 Å². The Morgan fingerprint density at radius 1 is 1.33 bits per heavy atom. The fourth-order valence-corrected chi connectivity index (χ4v) is 3.27. The molecule has 4 heteroatoms. The molecule has 0 unspecified atom stereocenters. The average molecular weight is 305 g/mol. The van der Waals surface area contributed by atoms with Gasteiger partial charge in [-0.1, -0.05) is 37.2 Å². The van der Waals surface area contributed by atoms with Gasteiger partial charge in [-0.3, -0.25) is 4.79 Å². The molecule has 0 aliphatic carbocycles. The number of carbonyl (C=O) groups is 1. The third-order valence-electron chi connectivity index (χ3n) is 3.57. The minimum absolute atomic E-state index is 0.128. The number of thioether (sulfide) groups is 1. The maximum Gasteiger partial charge on any atom is 0.191 e. The van der Waals surface area contributed by atoms with Crippen molar-refractivity contribution in [2.75, 3.05) is 6.54 Å². The quantitative estimate of drug-likeness (QED) is 0.567. The van der Waals surface area contributed by atoms with E-state index in [0.29, 0.717) is 0 Å². The predicted molar refractivity (Wildman–Crippen MR) is 86.4 cm³/mol. The summed E-state index contributed by atoms with van der Waals surface area (Å²) in [4.78, 5) is 15.6. The van der Waals surface area contributed by atoms with Crippen LogP contribution in [0.4, 0.5) is 4.39 Å². The molecule has 0 saturated carbocycles. The second-order valence-electron chi connectivity index (χ2n) is 5.08. The summed E-state index contributed by atoms with van der Waals surface area (Å²) >= 11 is 1.58. The van der Waals surface area contributed by atoms with Crippen molar-refractivity contribution < 1.29 is 9.18 Å². The first kappa shape index (κ1) is 15.8. The van der Waals surface area contributed by atoms with Crippen LogP contribution in [0.15, 0.2) is 46.0 Å². The van der Waals surface area contributed by atoms with Gasteiger partial charge < -0.3 is 4.90 Å². The van der Waals surface area contributed by atoms with Gasteiger partial charge in [0.05, 0.1) is 10.6 Å². The average Bonchev–Trinajstić information content (AvgIpc) is 2.72. The molecule has 0 radical (unpaired) electrons. The number of rotatable bonds is 5. The van der Waals surface area contributed by atoms with Crippen LogP contribution >= 0.6 is 11.8 Å². The maximum atomic E-state index is 13.7. The molecule has 1 aromatic rings. The van der Waals surface area contributed by atoms with E-state index in [2.05, 4.69) is 18.7 Å². The largest absolute Gasteiger partial charge is 0.339 e. The molecule has 2 nitrogen and oxygen atoms in total. The van der Waals surface area contributed by atoms with Crippen molar-refractivity contribution in [2.24, 2.45) is 0 Å². The van der Waals surface area contributed by atoms with Gasteiger partial charge in [-0.2, -0.15) is 0 Å². The van der Waals surface area contributed by atoms with E-state index in [0.717, 1.165) is 24.4 Å². The maximum absolute atomic E-state index is 13.7. The van der Waals surface area contributed by atoms with Crippen molar-refractivity contribution in [3.05, 3.63) is 57.4 Å². The summed E-state index contributed by atoms with van der Waals surface area (Å²) in [5, 5.41) is 0.895. The Bertz CT molecular complexity index is 607. The van der Waals surface area contributed by atoms with Gasteiger partial charge in [0, 0.05) is 23.2 Å². The molecule has 0 bridgehead atoms. The zero-order valence-corrected chi connectivity index (χ0v) is 13.5. The molecule has 0 amide bonds. The van der Waals surface area contributed by atoms with E-state index in [4.69, 9.17) is 0 Å². The van der Waals surface area contributed by atoms with Gasteiger partial charge in [-0.15, -0.1) is 0 Å². The van der Waals surface area contributed by atoms with Crippen LogP contribution < -0.4 is 0 Å². The van der Waals surface area contributed by atoms with E-state index >= 15 is 0 Å². The molecule has 0 aromatic heterocycles. The van der Waals surface area contributed by atoms with Gasteiger partial charge in [0.2, 0.25) is 0 Å². The highest BCUT2D eigenvalue weighted by atomic mass is 32.2. The SMILES string of the molecule is CCCCN1C(C)=C(C)S/C1=C\C(=O)c1ccccc1F. The number of ketones is 1. The van der Waals surface area contributed by atoms with Crippen LogP contribution in [-0.2, 0) is 0 Å². The molecule has 2 rings (SSSR count). The number of nitrogens with zero attached hydrogens (tertiary/aromatic N) is 1. The monoisotopic (exact) mass is 305 g/mol. The molecule has 0 atom stereocenters. The highest BCUT2D eigenvalue weighted by molar-refractivity contribution is 8.06. The number of carbonyl (C=O) groups excluding carboxylic acids is 1. The topological polar surface area (TPSA) is 20.3 Å². The Hall–Kier alpha value is -1.55. The smallest absolute Gasteiger partial charge is 0.191 e. The molecule has 21 heavy (non-hydrogen) atoms. The molecule has 1 aliphatic rings. The number of unbranched alkanes of at least 4 members (excludes halogenated alkanes) is 1. The normalized spacial score (nSPS) is 17.0. The summed E-state index contributed by atoms with van der Waals surface area (Å²) in [6.07, 6.45) is 3.72. The number of halogens is 1. The molecule has 0 fully saturated rings. The minimum Gasteiger partial charge on any atom is -0.339 e. The first-order valence-electron chi connectivity index (χ1n) is 7.18. The van der Waals surface area contributed by atoms with Crippen molar-refractivity contribution in [1.82, 2.24) is 4.90 Å². The molecule has 0 saturated heterocycles. The minimum atomic E-state index is -0.469. The fraction of sp³-hybridized carbons (Fsp3) is 0.353. The van der Waals surface area contributed by atoms with Crippen molar-refractivity contribution in [1.29, 1.82) is 0 Å². The van der Waals surface area contributed by atoms with Crippen molar-refractivity contribution >= 4 is 17.5 Å². The number of hydrogen-bond acceptors (Lipinski definition) is 3. The summed E-state index contributed by atoms with van der Waals surface area (Å²) in [7, 11) is 0. The van der Waals surface area contributed by atoms with Crippen LogP contribution in [0, 0.1) is 5.82 Å². The van der Waals surface area contributed by atoms with Crippen LogP contribution in [-0.4, -0.2) is 17.2 Å². The van der Waals surface area contributed by atoms with Crippen LogP contribution in [0.2, 0.25) is 0 Å². The lowest BCUT2D eigenvalue weighted by atomic mass is 10.1. The summed E-state index contributed by atoms with van der Waals surface area (Å²) in [5.74, 6) is -0.747. The molecule has 1 heterocycles. The first-order chi connectivity index (χ1) is 10.0. The number of hydrogen-bond donors (Lipinski definition) is 0. The Morgan fingerprint density at radius 2 is 2.05 bits per heavy atom. The number of benzene rings is 1. The second-order valence-corrected chi connectivity index (χ2v) is 6.31. The Kier molecular flexibility index (Phi) is 5.23. The lowest BCUT2D eigenvalue weighted by molar-refractivity contribution is 0.104. The molecule has 0 spiro atoms. The van der Waals surface area contributed by atoms with Gasteiger partial charge in [0.1, 0.15) is 5.82 Å². The molecule has 112 valence electrons. The first-order valence-corrected chi connectivity index (χ1v) is 7.99. The summed E-state index contributed by atoms with van der Waals surface area (Å²) in [6.45, 7) is 7.14. The van der Waals surface area contributed by atoms with Crippen LogP contribution in [0.1, 0.15) is 44.0 Å². The van der Waals surface area contributed by atoms with Gasteiger partial charge in [-0.25, -0.2) is 4.39 Å². The van der Waals surface area contributed by atoms with Gasteiger partial charge in [0.25, 0.3) is 0 Å². The summed E-state index contributed by atoms with van der Waals surface area (Å²) in [6, 6.07) is 6.11. The van der Waals surface area contributed by atoms with Crippen molar-refractivity contribution in [3.63, 3.8) is 0 Å². The molecular weight excluding hydrogens is 285 g/mol. The van der Waals surface area contributed by atoms with Crippen LogP contribution in [0.3, 0.4) is 0 Å². The Morgan fingerprint density at radius 3 is 2.71 bits per heavy atom. The van der Waals surface area contributed by atoms with Gasteiger partial charge in [0.15, 0.2) is 5.78 Å². The third kappa shape index (κ3) is 3.56. The highest BCUT2D eigenvalue weighted by Gasteiger charge is 2.23. The zero-order valence-electron chi connectivity index (χ0n) is 12.6. The molecular formula is C17H20FNOS. The van der Waals surface area contributed by atoms with Gasteiger partial charge in [-0.05, 0) is 32.4 Å². The van der Waals surface area contributed by atoms with Crippen molar-refractivity contribution in [2.45, 2.75) is 33.6 Å². The van der Waals surface area contributed by atoms with E-state index < -0.39 is 5.82 Å². The zero-order chi connectivity index (χ0) is 15.4. The predicted octanol–water partition coefficient (Wildman–Crippen LogP) is 4.95. The standard InChI is InChI=1S/C17H20FNOS/c1-4-5-10-19-12(2)13(3)21-17(19)11-16(20)14-8-6-7-9-15(14)18/h6-9,11H,4-5,10H2,1-3H3/b17-11-. The van der Waals surface area contributed by atoms with Crippen LogP contribution in [0.5, 0.6) is 0 Å². The molecule has 0 N–H and O–H groups in total. The summed E-state index contributed by atoms with van der Waals surface area (Å²) in [5.41, 5.74) is 1.31. The van der Waals surface area contributed by atoms with E-state index in [1.54, 1.807) is 30.0 Å². The highest BCUT2D eigenvalue weighted by Crippen LogP contribution is 2.40.